The highest BCUT2D eigenvalue weighted by Gasteiger charge is 2.40. The summed E-state index contributed by atoms with van der Waals surface area (Å²) in [4.78, 5) is 16.5. The van der Waals surface area contributed by atoms with Crippen LogP contribution in [0.4, 0.5) is 5.69 Å². The Morgan fingerprint density at radius 2 is 1.62 bits per heavy atom. The Labute approximate surface area is 193 Å². The highest BCUT2D eigenvalue weighted by Crippen LogP contribution is 2.35. The lowest BCUT2D eigenvalue weighted by molar-refractivity contribution is -0.130. The number of para-hydroxylation sites is 1. The first-order valence-corrected chi connectivity index (χ1v) is 12.9. The number of benzene rings is 2. The molecule has 1 aliphatic carbocycles. The summed E-state index contributed by atoms with van der Waals surface area (Å²) in [5.74, 6) is 1.41. The molecule has 2 aromatic rings. The highest BCUT2D eigenvalue weighted by atomic mass is 16.1. The van der Waals surface area contributed by atoms with Crippen LogP contribution >= 0.6 is 0 Å². The summed E-state index contributed by atoms with van der Waals surface area (Å²) < 4.78 is 0. The number of ketones is 1. The predicted octanol–water partition coefficient (Wildman–Crippen LogP) is 6.12. The Kier molecular flexibility index (Phi) is 6.64. The number of hydrogen-bond acceptors (Lipinski definition) is 3. The fourth-order valence-electron chi connectivity index (χ4n) is 6.49. The van der Waals surface area contributed by atoms with Gasteiger partial charge >= 0.3 is 0 Å². The zero-order valence-corrected chi connectivity index (χ0v) is 19.6. The molecule has 2 aromatic carbocycles. The third-order valence-electron chi connectivity index (χ3n) is 8.31. The van der Waals surface area contributed by atoms with E-state index in [1.807, 2.05) is 0 Å². The fraction of sp³-hybridized carbons (Fsp3) is 0.552. The van der Waals surface area contributed by atoms with Crippen molar-refractivity contribution in [1.82, 2.24) is 4.90 Å². The molecule has 1 saturated carbocycles. The molecule has 5 rings (SSSR count). The van der Waals surface area contributed by atoms with Crippen molar-refractivity contribution in [3.63, 3.8) is 0 Å². The number of carbonyl (C=O) groups is 1. The van der Waals surface area contributed by atoms with E-state index in [-0.39, 0.29) is 18.0 Å². The van der Waals surface area contributed by atoms with Crippen molar-refractivity contribution in [3.05, 3.63) is 65.2 Å². The van der Waals surface area contributed by atoms with Crippen LogP contribution in [0.3, 0.4) is 0 Å². The number of aryl methyl sites for hydroxylation is 2. The van der Waals surface area contributed by atoms with Crippen molar-refractivity contribution >= 4 is 11.5 Å². The summed E-state index contributed by atoms with van der Waals surface area (Å²) in [6.07, 6.45) is 10.4. The quantitative estimate of drug-likeness (QED) is 0.620. The van der Waals surface area contributed by atoms with Crippen molar-refractivity contribution in [1.29, 1.82) is 0 Å². The molecule has 3 nitrogen and oxygen atoms in total. The van der Waals surface area contributed by atoms with Crippen molar-refractivity contribution in [2.75, 3.05) is 18.4 Å². The molecule has 2 unspecified atom stereocenters. The predicted molar refractivity (Wildman–Crippen MR) is 132 cm³/mol. The van der Waals surface area contributed by atoms with E-state index in [1.54, 1.807) is 0 Å². The van der Waals surface area contributed by atoms with Gasteiger partial charge in [-0.1, -0.05) is 61.7 Å². The van der Waals surface area contributed by atoms with Gasteiger partial charge in [-0.3, -0.25) is 9.69 Å². The van der Waals surface area contributed by atoms with E-state index < -0.39 is 0 Å². The summed E-state index contributed by atoms with van der Waals surface area (Å²) in [7, 11) is 0. The minimum absolute atomic E-state index is 0.0178. The SMILES string of the molecule is Cc1ccccc1C1CCN(C(C(=O)C2CCCCC2)C2CCc3ccccc3N2)CC1. The lowest BCUT2D eigenvalue weighted by atomic mass is 9.79. The van der Waals surface area contributed by atoms with Crippen LogP contribution in [0.15, 0.2) is 48.5 Å². The molecule has 170 valence electrons. The average Bonchev–Trinajstić information content (AvgIpc) is 2.85. The number of nitrogens with one attached hydrogen (secondary N) is 1. The molecule has 0 bridgehead atoms. The van der Waals surface area contributed by atoms with Gasteiger partial charge in [-0.2, -0.15) is 0 Å². The van der Waals surface area contributed by atoms with Crippen molar-refractivity contribution < 1.29 is 4.79 Å². The minimum atomic E-state index is 0.0178. The number of carbonyl (C=O) groups excluding carboxylic acids is 1. The summed E-state index contributed by atoms with van der Waals surface area (Å²) >= 11 is 0. The van der Waals surface area contributed by atoms with Gasteiger partial charge in [0.2, 0.25) is 0 Å². The number of rotatable bonds is 5. The lowest BCUT2D eigenvalue weighted by Gasteiger charge is -2.44. The van der Waals surface area contributed by atoms with E-state index in [4.69, 9.17) is 0 Å². The first-order valence-electron chi connectivity index (χ1n) is 12.9. The van der Waals surface area contributed by atoms with E-state index in [1.165, 1.54) is 41.6 Å². The molecule has 0 aromatic heterocycles. The number of fused-ring (bicyclic) bond motifs is 1. The Hall–Kier alpha value is -2.13. The Bertz CT molecular complexity index is 924. The Morgan fingerprint density at radius 1 is 0.906 bits per heavy atom. The molecule has 3 aliphatic rings. The molecular weight excluding hydrogens is 392 g/mol. The number of nitrogens with zero attached hydrogens (tertiary/aromatic N) is 1. The second-order valence-corrected chi connectivity index (χ2v) is 10.3. The van der Waals surface area contributed by atoms with Gasteiger partial charge in [0.05, 0.1) is 6.04 Å². The number of anilines is 1. The van der Waals surface area contributed by atoms with Crippen LogP contribution in [0.2, 0.25) is 0 Å². The lowest BCUT2D eigenvalue weighted by Crippen LogP contribution is -2.56. The summed E-state index contributed by atoms with van der Waals surface area (Å²) in [6, 6.07) is 17.8. The van der Waals surface area contributed by atoms with Gasteiger partial charge in [-0.25, -0.2) is 0 Å². The number of piperidine rings is 1. The van der Waals surface area contributed by atoms with E-state index in [0.717, 1.165) is 51.6 Å². The van der Waals surface area contributed by atoms with Crippen molar-refractivity contribution in [2.24, 2.45) is 5.92 Å². The van der Waals surface area contributed by atoms with Gasteiger partial charge in [-0.05, 0) is 87.2 Å². The first kappa shape index (κ1) is 21.7. The molecule has 3 heteroatoms. The van der Waals surface area contributed by atoms with Gasteiger partial charge in [-0.15, -0.1) is 0 Å². The van der Waals surface area contributed by atoms with Crippen LogP contribution in [0.1, 0.15) is 74.0 Å². The second kappa shape index (κ2) is 9.79. The van der Waals surface area contributed by atoms with Crippen LogP contribution in [-0.2, 0) is 11.2 Å². The van der Waals surface area contributed by atoms with Crippen LogP contribution in [0.25, 0.3) is 0 Å². The molecule has 0 amide bonds. The molecule has 1 saturated heterocycles. The minimum Gasteiger partial charge on any atom is -0.380 e. The Morgan fingerprint density at radius 3 is 2.41 bits per heavy atom. The third-order valence-corrected chi connectivity index (χ3v) is 8.31. The van der Waals surface area contributed by atoms with Gasteiger partial charge < -0.3 is 5.32 Å². The van der Waals surface area contributed by atoms with Crippen molar-refractivity contribution in [3.8, 4) is 0 Å². The molecule has 0 radical (unpaired) electrons. The van der Waals surface area contributed by atoms with Gasteiger partial charge in [0.25, 0.3) is 0 Å². The maximum absolute atomic E-state index is 13.9. The maximum atomic E-state index is 13.9. The molecule has 2 aliphatic heterocycles. The summed E-state index contributed by atoms with van der Waals surface area (Å²) in [5.41, 5.74) is 5.55. The van der Waals surface area contributed by atoms with E-state index >= 15 is 0 Å². The van der Waals surface area contributed by atoms with E-state index in [9.17, 15) is 4.79 Å². The zero-order chi connectivity index (χ0) is 21.9. The number of hydrogen-bond donors (Lipinski definition) is 1. The van der Waals surface area contributed by atoms with Crippen molar-refractivity contribution in [2.45, 2.75) is 82.7 Å². The van der Waals surface area contributed by atoms with E-state index in [2.05, 4.69) is 65.7 Å². The number of Topliss-reactive ketones (excluding diaryl/α,β-unsaturated/α-hetero) is 1. The maximum Gasteiger partial charge on any atom is 0.155 e. The van der Waals surface area contributed by atoms with Crippen LogP contribution in [0.5, 0.6) is 0 Å². The second-order valence-electron chi connectivity index (χ2n) is 10.3. The molecule has 2 fully saturated rings. The molecule has 0 spiro atoms. The standard InChI is InChI=1S/C29H38N2O/c1-21-9-5-7-13-25(21)22-17-19-31(20-18-22)28(29(32)24-11-3-2-4-12-24)27-16-15-23-10-6-8-14-26(23)30-27/h5-10,13-14,22,24,27-28,30H,2-4,11-12,15-20H2,1H3. The summed E-state index contributed by atoms with van der Waals surface area (Å²) in [5, 5.41) is 3.80. The normalized spacial score (nSPS) is 23.8. The largest absolute Gasteiger partial charge is 0.380 e. The van der Waals surface area contributed by atoms with Gasteiger partial charge in [0.1, 0.15) is 0 Å². The monoisotopic (exact) mass is 430 g/mol. The summed E-state index contributed by atoms with van der Waals surface area (Å²) in [6.45, 7) is 4.30. The zero-order valence-electron chi connectivity index (χ0n) is 19.6. The van der Waals surface area contributed by atoms with Gasteiger partial charge in [0.15, 0.2) is 5.78 Å². The van der Waals surface area contributed by atoms with E-state index in [0.29, 0.717) is 11.7 Å². The Balaban J connectivity index is 1.34. The van der Waals surface area contributed by atoms with Crippen LogP contribution in [-0.4, -0.2) is 35.9 Å². The molecule has 1 N–H and O–H groups in total. The average molecular weight is 431 g/mol. The molecular formula is C29H38N2O. The number of likely N-dealkylation sites (tertiary alicyclic amines) is 1. The van der Waals surface area contributed by atoms with Crippen LogP contribution < -0.4 is 5.32 Å². The third kappa shape index (κ3) is 4.50. The molecule has 2 heterocycles. The molecule has 32 heavy (non-hydrogen) atoms. The smallest absolute Gasteiger partial charge is 0.155 e. The fourth-order valence-corrected chi connectivity index (χ4v) is 6.49. The topological polar surface area (TPSA) is 32.3 Å². The highest BCUT2D eigenvalue weighted by molar-refractivity contribution is 5.88. The molecule has 2 atom stereocenters. The van der Waals surface area contributed by atoms with Crippen LogP contribution in [0, 0.1) is 12.8 Å². The van der Waals surface area contributed by atoms with Gasteiger partial charge in [0, 0.05) is 17.6 Å². The first-order chi connectivity index (χ1) is 15.7.